The lowest BCUT2D eigenvalue weighted by Crippen LogP contribution is -2.45. The maximum atomic E-state index is 11.3. The van der Waals surface area contributed by atoms with Gasteiger partial charge in [0.25, 0.3) is 0 Å². The Morgan fingerprint density at radius 2 is 1.87 bits per heavy atom. The van der Waals surface area contributed by atoms with E-state index in [9.17, 15) is 14.4 Å². The molecule has 1 unspecified atom stereocenters. The first-order valence-corrected chi connectivity index (χ1v) is 5.03. The maximum Gasteiger partial charge on any atom is 0.242 e. The molecule has 0 aliphatic rings. The molecule has 0 saturated carbocycles. The summed E-state index contributed by atoms with van der Waals surface area (Å²) in [7, 11) is 0. The zero-order valence-electron chi connectivity index (χ0n) is 9.42. The van der Waals surface area contributed by atoms with Crippen molar-refractivity contribution in [1.29, 1.82) is 0 Å². The molecule has 0 bridgehead atoms. The van der Waals surface area contributed by atoms with E-state index in [1.807, 2.05) is 6.92 Å². The van der Waals surface area contributed by atoms with Gasteiger partial charge in [0.15, 0.2) is 0 Å². The molecule has 2 amide bonds. The molecule has 0 rings (SSSR count). The molecule has 0 aromatic rings. The summed E-state index contributed by atoms with van der Waals surface area (Å²) >= 11 is 0. The summed E-state index contributed by atoms with van der Waals surface area (Å²) in [6.45, 7) is 5.45. The fourth-order valence-corrected chi connectivity index (χ4v) is 0.985. The van der Waals surface area contributed by atoms with Crippen LogP contribution < -0.4 is 10.6 Å². The van der Waals surface area contributed by atoms with E-state index in [4.69, 9.17) is 0 Å². The van der Waals surface area contributed by atoms with Crippen molar-refractivity contribution in [3.63, 3.8) is 0 Å². The van der Waals surface area contributed by atoms with Gasteiger partial charge in [0.1, 0.15) is 11.8 Å². The third-order valence-corrected chi connectivity index (χ3v) is 1.73. The largest absolute Gasteiger partial charge is 0.354 e. The summed E-state index contributed by atoms with van der Waals surface area (Å²) in [5.41, 5.74) is 0. The van der Waals surface area contributed by atoms with Crippen LogP contribution >= 0.6 is 0 Å². The van der Waals surface area contributed by atoms with E-state index in [0.717, 1.165) is 6.42 Å². The number of amides is 2. The molecule has 0 fully saturated rings. The van der Waals surface area contributed by atoms with Crippen molar-refractivity contribution in [2.75, 3.05) is 6.54 Å². The van der Waals surface area contributed by atoms with Gasteiger partial charge in [-0.2, -0.15) is 0 Å². The molecule has 0 radical (unpaired) electrons. The van der Waals surface area contributed by atoms with E-state index in [1.165, 1.54) is 6.92 Å². The molecule has 0 aromatic heterocycles. The highest BCUT2D eigenvalue weighted by Crippen LogP contribution is 1.87. The molecule has 2 N–H and O–H groups in total. The second kappa shape index (κ2) is 6.98. The number of ketones is 1. The van der Waals surface area contributed by atoms with E-state index in [-0.39, 0.29) is 18.1 Å². The number of Topliss-reactive ketones (excluding diaryl/α,β-unsaturated/α-hetero) is 1. The zero-order valence-corrected chi connectivity index (χ0v) is 9.42. The average Bonchev–Trinajstić information content (AvgIpc) is 2.12. The third-order valence-electron chi connectivity index (χ3n) is 1.73. The first-order valence-electron chi connectivity index (χ1n) is 5.03. The van der Waals surface area contributed by atoms with Crippen LogP contribution in [0.3, 0.4) is 0 Å². The van der Waals surface area contributed by atoms with Crippen LogP contribution in [0.25, 0.3) is 0 Å². The average molecular weight is 214 g/mol. The minimum absolute atomic E-state index is 0.175. The van der Waals surface area contributed by atoms with Crippen molar-refractivity contribution in [1.82, 2.24) is 10.6 Å². The van der Waals surface area contributed by atoms with Gasteiger partial charge >= 0.3 is 0 Å². The van der Waals surface area contributed by atoms with E-state index in [1.54, 1.807) is 6.92 Å². The van der Waals surface area contributed by atoms with E-state index >= 15 is 0 Å². The van der Waals surface area contributed by atoms with Gasteiger partial charge < -0.3 is 10.6 Å². The minimum atomic E-state index is -0.594. The summed E-state index contributed by atoms with van der Waals surface area (Å²) in [6.07, 6.45) is 0.672. The predicted octanol–water partition coefficient (Wildman–Crippen LogP) is -0.00360. The normalized spacial score (nSPS) is 11.7. The van der Waals surface area contributed by atoms with E-state index < -0.39 is 11.9 Å². The number of hydrogen-bond donors (Lipinski definition) is 2. The highest BCUT2D eigenvalue weighted by Gasteiger charge is 2.15. The van der Waals surface area contributed by atoms with Crippen LogP contribution in [0.5, 0.6) is 0 Å². The van der Waals surface area contributed by atoms with Gasteiger partial charge in [-0.25, -0.2) is 0 Å². The Balaban J connectivity index is 3.90. The summed E-state index contributed by atoms with van der Waals surface area (Å²) in [5.74, 6) is -0.857. The highest BCUT2D eigenvalue weighted by atomic mass is 16.2. The van der Waals surface area contributed by atoms with E-state index in [2.05, 4.69) is 10.6 Å². The van der Waals surface area contributed by atoms with Crippen molar-refractivity contribution in [3.8, 4) is 0 Å². The van der Waals surface area contributed by atoms with Crippen LogP contribution in [0.15, 0.2) is 0 Å². The third kappa shape index (κ3) is 6.65. The summed E-state index contributed by atoms with van der Waals surface area (Å²) in [5, 5.41) is 5.10. The molecule has 0 heterocycles. The quantitative estimate of drug-likeness (QED) is 0.611. The second-order valence-corrected chi connectivity index (χ2v) is 3.46. The molecule has 0 aliphatic carbocycles. The Morgan fingerprint density at radius 3 is 2.33 bits per heavy atom. The van der Waals surface area contributed by atoms with E-state index in [0.29, 0.717) is 6.54 Å². The zero-order chi connectivity index (χ0) is 11.8. The van der Waals surface area contributed by atoms with Gasteiger partial charge in [0.05, 0.1) is 6.42 Å². The van der Waals surface area contributed by atoms with Gasteiger partial charge in [-0.3, -0.25) is 14.4 Å². The first-order chi connectivity index (χ1) is 6.97. The molecule has 0 spiro atoms. The SMILES string of the molecule is CCCNC(=O)C(C)NC(=O)CC(C)=O. The number of hydrogen-bond acceptors (Lipinski definition) is 3. The van der Waals surface area contributed by atoms with Crippen molar-refractivity contribution in [2.45, 2.75) is 39.7 Å². The minimum Gasteiger partial charge on any atom is -0.354 e. The van der Waals surface area contributed by atoms with Crippen molar-refractivity contribution in [2.24, 2.45) is 0 Å². The monoisotopic (exact) mass is 214 g/mol. The second-order valence-electron chi connectivity index (χ2n) is 3.46. The van der Waals surface area contributed by atoms with Crippen LogP contribution in [0.1, 0.15) is 33.6 Å². The van der Waals surface area contributed by atoms with Gasteiger partial charge in [-0.05, 0) is 20.3 Å². The molecule has 0 saturated heterocycles. The summed E-state index contributed by atoms with van der Waals surface area (Å²) in [6, 6.07) is -0.594. The summed E-state index contributed by atoms with van der Waals surface area (Å²) in [4.78, 5) is 33.1. The topological polar surface area (TPSA) is 75.3 Å². The molecular formula is C10H18N2O3. The standard InChI is InChI=1S/C10H18N2O3/c1-4-5-11-10(15)8(3)12-9(14)6-7(2)13/h8H,4-6H2,1-3H3,(H,11,15)(H,12,14). The maximum absolute atomic E-state index is 11.3. The van der Waals surface area contributed by atoms with Crippen LogP contribution in [-0.2, 0) is 14.4 Å². The Bertz CT molecular complexity index is 251. The van der Waals surface area contributed by atoms with Gasteiger partial charge in [0, 0.05) is 6.54 Å². The molecule has 86 valence electrons. The molecule has 5 heteroatoms. The lowest BCUT2D eigenvalue weighted by atomic mass is 10.2. The predicted molar refractivity (Wildman–Crippen MR) is 56.2 cm³/mol. The Hall–Kier alpha value is -1.39. The Morgan fingerprint density at radius 1 is 1.27 bits per heavy atom. The molecule has 0 aromatic carbocycles. The lowest BCUT2D eigenvalue weighted by Gasteiger charge is -2.12. The van der Waals surface area contributed by atoms with Crippen LogP contribution in [0, 0.1) is 0 Å². The van der Waals surface area contributed by atoms with Gasteiger partial charge in [-0.1, -0.05) is 6.92 Å². The summed E-state index contributed by atoms with van der Waals surface area (Å²) < 4.78 is 0. The molecular weight excluding hydrogens is 196 g/mol. The molecule has 15 heavy (non-hydrogen) atoms. The smallest absolute Gasteiger partial charge is 0.242 e. The van der Waals surface area contributed by atoms with Crippen molar-refractivity contribution in [3.05, 3.63) is 0 Å². The first kappa shape index (κ1) is 13.6. The van der Waals surface area contributed by atoms with Gasteiger partial charge in [0.2, 0.25) is 11.8 Å². The number of nitrogens with one attached hydrogen (secondary N) is 2. The molecule has 5 nitrogen and oxygen atoms in total. The van der Waals surface area contributed by atoms with Crippen molar-refractivity contribution >= 4 is 17.6 Å². The van der Waals surface area contributed by atoms with Crippen molar-refractivity contribution < 1.29 is 14.4 Å². The van der Waals surface area contributed by atoms with Gasteiger partial charge in [-0.15, -0.1) is 0 Å². The fraction of sp³-hybridized carbons (Fsp3) is 0.700. The number of rotatable bonds is 6. The Labute approximate surface area is 89.6 Å². The number of carbonyl (C=O) groups excluding carboxylic acids is 3. The lowest BCUT2D eigenvalue weighted by molar-refractivity contribution is -0.131. The molecule has 0 aliphatic heterocycles. The van der Waals surface area contributed by atoms with Crippen LogP contribution in [0.4, 0.5) is 0 Å². The van der Waals surface area contributed by atoms with Crippen LogP contribution in [0.2, 0.25) is 0 Å². The fourth-order valence-electron chi connectivity index (χ4n) is 0.985. The van der Waals surface area contributed by atoms with Crippen LogP contribution in [-0.4, -0.2) is 30.2 Å². The Kier molecular flexibility index (Phi) is 6.33. The number of carbonyl (C=O) groups is 3. The molecule has 1 atom stereocenters. The highest BCUT2D eigenvalue weighted by molar-refractivity contribution is 5.98.